The molecular formula is C16H17N3O4S. The quantitative estimate of drug-likeness (QED) is 0.855. The van der Waals surface area contributed by atoms with Crippen LogP contribution in [0.5, 0.6) is 11.5 Å². The Bertz CT molecular complexity index is 733. The summed E-state index contributed by atoms with van der Waals surface area (Å²) in [4.78, 5) is 28.0. The Hall–Kier alpha value is -2.61. The average Bonchev–Trinajstić information content (AvgIpc) is 3.11. The molecule has 126 valence electrons. The molecule has 0 saturated carbocycles. The number of rotatable bonds is 5. The van der Waals surface area contributed by atoms with Crippen molar-refractivity contribution in [2.45, 2.75) is 6.42 Å². The maximum Gasteiger partial charge on any atom is 0.245 e. The molecule has 2 aromatic rings. The van der Waals surface area contributed by atoms with Gasteiger partial charge in [0.25, 0.3) is 0 Å². The molecule has 2 N–H and O–H groups in total. The lowest BCUT2D eigenvalue weighted by Crippen LogP contribution is -2.40. The van der Waals surface area contributed by atoms with Gasteiger partial charge in [0.2, 0.25) is 11.8 Å². The van der Waals surface area contributed by atoms with E-state index in [2.05, 4.69) is 15.6 Å². The molecule has 0 fully saturated rings. The van der Waals surface area contributed by atoms with Crippen LogP contribution >= 0.6 is 11.3 Å². The van der Waals surface area contributed by atoms with E-state index in [0.717, 1.165) is 5.56 Å². The zero-order chi connectivity index (χ0) is 16.9. The van der Waals surface area contributed by atoms with Crippen molar-refractivity contribution in [3.63, 3.8) is 0 Å². The van der Waals surface area contributed by atoms with Gasteiger partial charge in [-0.3, -0.25) is 9.59 Å². The van der Waals surface area contributed by atoms with Crippen LogP contribution in [0, 0.1) is 5.92 Å². The molecule has 0 radical (unpaired) electrons. The maximum atomic E-state index is 12.3. The minimum absolute atomic E-state index is 0.0973. The lowest BCUT2D eigenvalue weighted by atomic mass is 9.95. The van der Waals surface area contributed by atoms with Crippen LogP contribution in [0.25, 0.3) is 0 Å². The van der Waals surface area contributed by atoms with Gasteiger partial charge >= 0.3 is 0 Å². The lowest BCUT2D eigenvalue weighted by molar-refractivity contribution is -0.128. The summed E-state index contributed by atoms with van der Waals surface area (Å²) in [5, 5.41) is 7.53. The summed E-state index contributed by atoms with van der Waals surface area (Å²) in [6.45, 7) is 0.160. The van der Waals surface area contributed by atoms with Gasteiger partial charge in [-0.2, -0.15) is 0 Å². The Kier molecular flexibility index (Phi) is 4.95. The minimum Gasteiger partial charge on any atom is -0.493 e. The molecule has 8 heteroatoms. The van der Waals surface area contributed by atoms with E-state index in [1.807, 2.05) is 18.2 Å². The summed E-state index contributed by atoms with van der Waals surface area (Å²) in [7, 11) is 1.58. The first kappa shape index (κ1) is 16.3. The van der Waals surface area contributed by atoms with Crippen molar-refractivity contribution in [3.8, 4) is 11.5 Å². The van der Waals surface area contributed by atoms with E-state index >= 15 is 0 Å². The maximum absolute atomic E-state index is 12.3. The second-order valence-corrected chi connectivity index (χ2v) is 6.16. The van der Waals surface area contributed by atoms with Gasteiger partial charge in [-0.1, -0.05) is 12.1 Å². The minimum atomic E-state index is -0.336. The van der Waals surface area contributed by atoms with Gasteiger partial charge in [0.05, 0.1) is 19.6 Å². The van der Waals surface area contributed by atoms with Gasteiger partial charge < -0.3 is 20.1 Å². The Balaban J connectivity index is 1.53. The number of benzene rings is 1. The van der Waals surface area contributed by atoms with Crippen LogP contribution in [0.1, 0.15) is 5.56 Å². The Labute approximate surface area is 143 Å². The topological polar surface area (TPSA) is 89.5 Å². The van der Waals surface area contributed by atoms with E-state index < -0.39 is 0 Å². The first-order chi connectivity index (χ1) is 11.7. The fraction of sp³-hybridized carbons (Fsp3) is 0.312. The Morgan fingerprint density at radius 3 is 3.08 bits per heavy atom. The van der Waals surface area contributed by atoms with Crippen LogP contribution in [-0.2, 0) is 16.0 Å². The van der Waals surface area contributed by atoms with E-state index in [-0.39, 0.29) is 30.9 Å². The second-order valence-electron chi connectivity index (χ2n) is 5.26. The van der Waals surface area contributed by atoms with Crippen LogP contribution in [0.15, 0.2) is 29.8 Å². The van der Waals surface area contributed by atoms with Crippen molar-refractivity contribution in [2.24, 2.45) is 5.92 Å². The molecule has 3 rings (SSSR count). The summed E-state index contributed by atoms with van der Waals surface area (Å²) >= 11 is 1.32. The number of thiazole rings is 1. The summed E-state index contributed by atoms with van der Waals surface area (Å²) in [5.74, 6) is 0.492. The third-order valence-corrected chi connectivity index (χ3v) is 4.34. The third kappa shape index (κ3) is 3.65. The highest BCUT2D eigenvalue weighted by atomic mass is 32.1. The van der Waals surface area contributed by atoms with Crippen LogP contribution in [0.2, 0.25) is 0 Å². The van der Waals surface area contributed by atoms with E-state index in [9.17, 15) is 9.59 Å². The third-order valence-electron chi connectivity index (χ3n) is 3.65. The van der Waals surface area contributed by atoms with Crippen molar-refractivity contribution < 1.29 is 19.1 Å². The largest absolute Gasteiger partial charge is 0.493 e. The first-order valence-electron chi connectivity index (χ1n) is 7.43. The Morgan fingerprint density at radius 1 is 1.46 bits per heavy atom. The molecule has 0 spiro atoms. The van der Waals surface area contributed by atoms with Crippen molar-refractivity contribution in [3.05, 3.63) is 35.3 Å². The SMILES string of the molecule is COc1cccc2c1OC[C@H](C(=O)NCC(=O)Nc1nccs1)C2. The number of para-hydroxylation sites is 1. The number of carbonyl (C=O) groups excluding carboxylic acids is 2. The van der Waals surface area contributed by atoms with Gasteiger partial charge in [0.15, 0.2) is 16.6 Å². The standard InChI is InChI=1S/C16H17N3O4S/c1-22-12-4-2-3-10-7-11(9-23-14(10)12)15(21)18-8-13(20)19-16-17-5-6-24-16/h2-6,11H,7-9H2,1H3,(H,18,21)(H,17,19,20)/t11-/m1/s1. The molecule has 1 aliphatic heterocycles. The van der Waals surface area contributed by atoms with Crippen LogP contribution in [0.4, 0.5) is 5.13 Å². The number of methoxy groups -OCH3 is 1. The number of amides is 2. The van der Waals surface area contributed by atoms with E-state index in [4.69, 9.17) is 9.47 Å². The molecule has 1 aromatic heterocycles. The molecule has 7 nitrogen and oxygen atoms in total. The highest BCUT2D eigenvalue weighted by Crippen LogP contribution is 2.35. The summed E-state index contributed by atoms with van der Waals surface area (Å²) in [6.07, 6.45) is 2.15. The molecule has 24 heavy (non-hydrogen) atoms. The van der Waals surface area contributed by atoms with Gasteiger partial charge in [-0.15, -0.1) is 11.3 Å². The molecule has 0 aliphatic carbocycles. The predicted molar refractivity (Wildman–Crippen MR) is 89.4 cm³/mol. The molecular weight excluding hydrogens is 330 g/mol. The smallest absolute Gasteiger partial charge is 0.245 e. The normalized spacial score (nSPS) is 15.8. The molecule has 0 unspecified atom stereocenters. The zero-order valence-electron chi connectivity index (χ0n) is 13.1. The number of anilines is 1. The molecule has 0 bridgehead atoms. The second kappa shape index (κ2) is 7.31. The molecule has 1 aliphatic rings. The van der Waals surface area contributed by atoms with Crippen LogP contribution in [-0.4, -0.2) is 37.1 Å². The van der Waals surface area contributed by atoms with Crippen molar-refractivity contribution in [2.75, 3.05) is 25.6 Å². The van der Waals surface area contributed by atoms with Gasteiger partial charge in [-0.25, -0.2) is 4.98 Å². The van der Waals surface area contributed by atoms with Crippen molar-refractivity contribution >= 4 is 28.3 Å². The zero-order valence-corrected chi connectivity index (χ0v) is 13.9. The molecule has 1 atom stereocenters. The predicted octanol–water partition coefficient (Wildman–Crippen LogP) is 1.46. The van der Waals surface area contributed by atoms with E-state index in [1.165, 1.54) is 11.3 Å². The van der Waals surface area contributed by atoms with Gasteiger partial charge in [-0.05, 0) is 18.1 Å². The highest BCUT2D eigenvalue weighted by molar-refractivity contribution is 7.13. The molecule has 2 amide bonds. The highest BCUT2D eigenvalue weighted by Gasteiger charge is 2.28. The molecule has 1 aromatic carbocycles. The van der Waals surface area contributed by atoms with Gasteiger partial charge in [0.1, 0.15) is 6.61 Å². The van der Waals surface area contributed by atoms with Crippen LogP contribution < -0.4 is 20.1 Å². The summed E-state index contributed by atoms with van der Waals surface area (Å²) < 4.78 is 10.9. The number of aromatic nitrogens is 1. The van der Waals surface area contributed by atoms with Crippen molar-refractivity contribution in [1.82, 2.24) is 10.3 Å². The number of hydrogen-bond acceptors (Lipinski definition) is 6. The molecule has 2 heterocycles. The van der Waals surface area contributed by atoms with Gasteiger partial charge in [0, 0.05) is 11.6 Å². The fourth-order valence-electron chi connectivity index (χ4n) is 2.48. The number of ether oxygens (including phenoxy) is 2. The summed E-state index contributed by atoms with van der Waals surface area (Å²) in [6, 6.07) is 5.59. The fourth-order valence-corrected chi connectivity index (χ4v) is 3.03. The van der Waals surface area contributed by atoms with Crippen LogP contribution in [0.3, 0.4) is 0 Å². The molecule has 0 saturated heterocycles. The number of fused-ring (bicyclic) bond motifs is 1. The van der Waals surface area contributed by atoms with Crippen molar-refractivity contribution in [1.29, 1.82) is 0 Å². The average molecular weight is 347 g/mol. The summed E-state index contributed by atoms with van der Waals surface area (Å²) in [5.41, 5.74) is 0.924. The first-order valence-corrected chi connectivity index (χ1v) is 8.31. The van der Waals surface area contributed by atoms with E-state index in [0.29, 0.717) is 23.1 Å². The number of carbonyl (C=O) groups is 2. The van der Waals surface area contributed by atoms with E-state index in [1.54, 1.807) is 18.7 Å². The monoisotopic (exact) mass is 347 g/mol. The Morgan fingerprint density at radius 2 is 2.33 bits per heavy atom. The number of nitrogens with one attached hydrogen (secondary N) is 2. The lowest BCUT2D eigenvalue weighted by Gasteiger charge is -2.25. The number of nitrogens with zero attached hydrogens (tertiary/aromatic N) is 1. The number of hydrogen-bond donors (Lipinski definition) is 2.